The van der Waals surface area contributed by atoms with Gasteiger partial charge in [0, 0.05) is 6.07 Å². The molecule has 6 nitrogen and oxygen atoms in total. The molecule has 2 N–H and O–H groups in total. The van der Waals surface area contributed by atoms with Gasteiger partial charge in [-0.2, -0.15) is 5.10 Å². The zero-order chi connectivity index (χ0) is 10.1. The molecule has 0 radical (unpaired) electrons. The van der Waals surface area contributed by atoms with E-state index in [9.17, 15) is 4.79 Å². The molecule has 2 aromatic rings. The Morgan fingerprint density at radius 1 is 1.57 bits per heavy atom. The maximum atomic E-state index is 10.7. The topological polar surface area (TPSA) is 88.1 Å². The molecule has 0 amide bonds. The minimum Gasteiger partial charge on any atom is -0.481 e. The Morgan fingerprint density at radius 3 is 3.00 bits per heavy atom. The maximum Gasteiger partial charge on any atom is 0.358 e. The number of carboxylic acids is 1. The fraction of sp³-hybridized carbons (Fsp3) is 0.125. The molecule has 2 rings (SSSR count). The van der Waals surface area contributed by atoms with Gasteiger partial charge < -0.3 is 9.84 Å². The fourth-order valence-electron chi connectivity index (χ4n) is 1.14. The van der Waals surface area contributed by atoms with Crippen molar-refractivity contribution in [2.45, 2.75) is 0 Å². The number of rotatable bonds is 2. The van der Waals surface area contributed by atoms with Crippen LogP contribution in [0.2, 0.25) is 0 Å². The van der Waals surface area contributed by atoms with Crippen LogP contribution in [0.3, 0.4) is 0 Å². The second kappa shape index (κ2) is 2.99. The highest BCUT2D eigenvalue weighted by Crippen LogP contribution is 2.17. The van der Waals surface area contributed by atoms with Gasteiger partial charge in [0.1, 0.15) is 5.52 Å². The van der Waals surface area contributed by atoms with Gasteiger partial charge in [0.2, 0.25) is 5.88 Å². The molecule has 0 atom stereocenters. The van der Waals surface area contributed by atoms with Gasteiger partial charge in [-0.05, 0) is 6.07 Å². The van der Waals surface area contributed by atoms with E-state index < -0.39 is 5.97 Å². The molecule has 0 aliphatic heterocycles. The molecule has 0 saturated carbocycles. The van der Waals surface area contributed by atoms with Crippen LogP contribution in [-0.2, 0) is 0 Å². The van der Waals surface area contributed by atoms with Crippen molar-refractivity contribution in [2.24, 2.45) is 0 Å². The number of methoxy groups -OCH3 is 1. The predicted molar refractivity (Wildman–Crippen MR) is 47.4 cm³/mol. The number of hydrogen-bond acceptors (Lipinski definition) is 4. The van der Waals surface area contributed by atoms with E-state index in [1.54, 1.807) is 12.1 Å². The molecule has 2 heterocycles. The molecular weight excluding hydrogens is 186 g/mol. The molecule has 0 aliphatic rings. The lowest BCUT2D eigenvalue weighted by Crippen LogP contribution is -1.98. The summed E-state index contributed by atoms with van der Waals surface area (Å²) >= 11 is 0. The number of ether oxygens (including phenoxy) is 1. The molecule has 0 saturated heterocycles. The normalized spacial score (nSPS) is 10.4. The lowest BCUT2D eigenvalue weighted by molar-refractivity contribution is 0.0692. The fourth-order valence-corrected chi connectivity index (χ4v) is 1.14. The number of carbonyl (C=O) groups is 1. The number of fused-ring (bicyclic) bond motifs is 1. The third kappa shape index (κ3) is 1.17. The minimum atomic E-state index is -1.11. The van der Waals surface area contributed by atoms with Crippen LogP contribution >= 0.6 is 0 Å². The van der Waals surface area contributed by atoms with E-state index in [0.29, 0.717) is 16.9 Å². The highest BCUT2D eigenvalue weighted by atomic mass is 16.5. The number of aromatic amines is 1. The van der Waals surface area contributed by atoms with Crippen LogP contribution in [0.4, 0.5) is 0 Å². The summed E-state index contributed by atoms with van der Waals surface area (Å²) in [6.45, 7) is 0. The first-order valence-electron chi connectivity index (χ1n) is 3.85. The van der Waals surface area contributed by atoms with E-state index in [-0.39, 0.29) is 5.69 Å². The van der Waals surface area contributed by atoms with Crippen molar-refractivity contribution in [3.8, 4) is 5.88 Å². The Balaban J connectivity index is 2.69. The van der Waals surface area contributed by atoms with E-state index in [1.807, 2.05) is 0 Å². The van der Waals surface area contributed by atoms with Crippen molar-refractivity contribution in [3.05, 3.63) is 17.8 Å². The summed E-state index contributed by atoms with van der Waals surface area (Å²) in [6.07, 6.45) is 0. The molecule has 14 heavy (non-hydrogen) atoms. The number of hydrogen-bond donors (Lipinski definition) is 2. The number of H-pyrrole nitrogens is 1. The Hall–Kier alpha value is -2.11. The number of aromatic carboxylic acids is 1. The Labute approximate surface area is 78.5 Å². The first-order valence-corrected chi connectivity index (χ1v) is 3.85. The van der Waals surface area contributed by atoms with Crippen LogP contribution in [0.1, 0.15) is 10.5 Å². The van der Waals surface area contributed by atoms with Gasteiger partial charge in [-0.1, -0.05) is 0 Å². The average molecular weight is 193 g/mol. The Bertz CT molecular complexity index is 492. The van der Waals surface area contributed by atoms with Gasteiger partial charge in [0.15, 0.2) is 5.69 Å². The van der Waals surface area contributed by atoms with E-state index in [2.05, 4.69) is 15.2 Å². The van der Waals surface area contributed by atoms with E-state index >= 15 is 0 Å². The van der Waals surface area contributed by atoms with Crippen molar-refractivity contribution >= 4 is 17.0 Å². The Kier molecular flexibility index (Phi) is 1.81. The molecule has 2 aromatic heterocycles. The molecule has 6 heteroatoms. The number of nitrogens with zero attached hydrogens (tertiary/aromatic N) is 2. The highest BCUT2D eigenvalue weighted by Gasteiger charge is 2.14. The van der Waals surface area contributed by atoms with Crippen LogP contribution in [0.15, 0.2) is 12.1 Å². The van der Waals surface area contributed by atoms with Gasteiger partial charge in [0.25, 0.3) is 0 Å². The molecule has 0 aromatic carbocycles. The van der Waals surface area contributed by atoms with Crippen LogP contribution in [0.25, 0.3) is 11.0 Å². The summed E-state index contributed by atoms with van der Waals surface area (Å²) in [5.74, 6) is -0.751. The zero-order valence-corrected chi connectivity index (χ0v) is 7.31. The molecule has 0 fully saturated rings. The number of nitrogens with one attached hydrogen (secondary N) is 1. The number of carboxylic acid groups (broad SMARTS) is 1. The van der Waals surface area contributed by atoms with Gasteiger partial charge in [0.05, 0.1) is 12.6 Å². The lowest BCUT2D eigenvalue weighted by atomic mass is 10.3. The lowest BCUT2D eigenvalue weighted by Gasteiger charge is -1.96. The second-order valence-corrected chi connectivity index (χ2v) is 2.63. The van der Waals surface area contributed by atoms with Crippen molar-refractivity contribution in [1.29, 1.82) is 0 Å². The van der Waals surface area contributed by atoms with E-state index in [4.69, 9.17) is 9.84 Å². The third-order valence-corrected chi connectivity index (χ3v) is 1.79. The van der Waals surface area contributed by atoms with Crippen LogP contribution in [-0.4, -0.2) is 33.4 Å². The van der Waals surface area contributed by atoms with Gasteiger partial charge >= 0.3 is 5.97 Å². The van der Waals surface area contributed by atoms with Gasteiger partial charge in [-0.3, -0.25) is 5.10 Å². The second-order valence-electron chi connectivity index (χ2n) is 2.63. The van der Waals surface area contributed by atoms with Gasteiger partial charge in [-0.15, -0.1) is 0 Å². The minimum absolute atomic E-state index is 0.0982. The zero-order valence-electron chi connectivity index (χ0n) is 7.31. The summed E-state index contributed by atoms with van der Waals surface area (Å²) < 4.78 is 4.88. The summed E-state index contributed by atoms with van der Waals surface area (Å²) in [5.41, 5.74) is 0.777. The molecular formula is C8H7N3O3. The quantitative estimate of drug-likeness (QED) is 0.731. The van der Waals surface area contributed by atoms with Crippen molar-refractivity contribution in [3.63, 3.8) is 0 Å². The molecule has 0 bridgehead atoms. The molecule has 0 unspecified atom stereocenters. The predicted octanol–water partition coefficient (Wildman–Crippen LogP) is 0.665. The summed E-state index contributed by atoms with van der Waals surface area (Å²) in [6, 6.07) is 3.30. The Morgan fingerprint density at radius 2 is 2.36 bits per heavy atom. The first kappa shape index (κ1) is 8.49. The summed E-state index contributed by atoms with van der Waals surface area (Å²) in [7, 11) is 1.47. The number of pyridine rings is 1. The molecule has 0 spiro atoms. The van der Waals surface area contributed by atoms with Crippen molar-refractivity contribution < 1.29 is 14.6 Å². The monoisotopic (exact) mass is 193 g/mol. The smallest absolute Gasteiger partial charge is 0.358 e. The first-order chi connectivity index (χ1) is 6.72. The summed E-state index contributed by atoms with van der Waals surface area (Å²) in [5, 5.41) is 15.0. The molecule has 72 valence electrons. The summed E-state index contributed by atoms with van der Waals surface area (Å²) in [4.78, 5) is 14.7. The maximum absolute atomic E-state index is 10.7. The third-order valence-electron chi connectivity index (χ3n) is 1.79. The molecule has 0 aliphatic carbocycles. The van der Waals surface area contributed by atoms with Gasteiger partial charge in [-0.25, -0.2) is 9.78 Å². The number of aromatic nitrogens is 3. The van der Waals surface area contributed by atoms with Crippen molar-refractivity contribution in [1.82, 2.24) is 15.2 Å². The van der Waals surface area contributed by atoms with Crippen LogP contribution < -0.4 is 4.74 Å². The standard InChI is InChI=1S/C8H7N3O3/c1-14-5-3-2-4-6(9-5)7(8(12)13)11-10-4/h2-3H,1H3,(H,10,11)(H,12,13). The van der Waals surface area contributed by atoms with Crippen molar-refractivity contribution in [2.75, 3.05) is 7.11 Å². The largest absolute Gasteiger partial charge is 0.481 e. The van der Waals surface area contributed by atoms with Crippen LogP contribution in [0.5, 0.6) is 5.88 Å². The average Bonchev–Trinajstić information content (AvgIpc) is 2.59. The SMILES string of the molecule is COc1ccc2[nH]nc(C(=O)O)c2n1. The van der Waals surface area contributed by atoms with Crippen LogP contribution in [0, 0.1) is 0 Å². The van der Waals surface area contributed by atoms with E-state index in [1.165, 1.54) is 7.11 Å². The highest BCUT2D eigenvalue weighted by molar-refractivity contribution is 5.98. The van der Waals surface area contributed by atoms with E-state index in [0.717, 1.165) is 0 Å².